The molecule has 0 bridgehead atoms. The average Bonchev–Trinajstić information content (AvgIpc) is 4.05. The fraction of sp³-hybridized carbons (Fsp3) is 0.0476. The Bertz CT molecular complexity index is 4220. The van der Waals surface area contributed by atoms with Crippen molar-refractivity contribution in [2.24, 2.45) is 0 Å². The molecule has 358 valence electrons. The van der Waals surface area contributed by atoms with Crippen LogP contribution in [0.2, 0.25) is 0 Å². The average molecular weight is 1320 g/mol. The summed E-state index contributed by atoms with van der Waals surface area (Å²) >= 11 is 0. The molecule has 0 aliphatic rings. The first-order valence-corrected chi connectivity index (χ1v) is 23.9. The standard InChI is InChI=1S/C63H39N7O2.2Pt/c1-39(2)40-17-19-41(20-18-40)42-21-30-54-43(33-42)38-66-63(67-54)70-59-36-46(71-44-22-26-50-48-11-3-5-13-55(48)68(57(50)34-44)61-15-7-9-31-64-61)24-28-52(59)53-29-25-47(37-60(53)70)72-45-23-27-51-49-12-4-6-14-56(49)69(58(51)35-45)62-16-8-10-32-65-62;;/h3-33,38-39H,1-2H3;;/q-4;2*+2. The fourth-order valence-corrected chi connectivity index (χ4v) is 10.1. The van der Waals surface area contributed by atoms with E-state index in [0.29, 0.717) is 45.9 Å². The van der Waals surface area contributed by atoms with E-state index in [1.54, 1.807) is 12.4 Å². The number of hydrogen-bond donors (Lipinski definition) is 0. The summed E-state index contributed by atoms with van der Waals surface area (Å²) in [4.78, 5) is 19.6. The minimum Gasteiger partial charge on any atom is -0.509 e. The molecule has 0 spiro atoms. The van der Waals surface area contributed by atoms with Crippen molar-refractivity contribution in [2.75, 3.05) is 0 Å². The second-order valence-electron chi connectivity index (χ2n) is 18.2. The van der Waals surface area contributed by atoms with Crippen LogP contribution in [0.5, 0.6) is 23.0 Å². The van der Waals surface area contributed by atoms with E-state index in [2.05, 4.69) is 138 Å². The largest absolute Gasteiger partial charge is 2.00 e. The van der Waals surface area contributed by atoms with E-state index in [1.807, 2.05) is 95.7 Å². The van der Waals surface area contributed by atoms with Gasteiger partial charge in [0.1, 0.15) is 11.6 Å². The van der Waals surface area contributed by atoms with Gasteiger partial charge < -0.3 is 23.2 Å². The second-order valence-corrected chi connectivity index (χ2v) is 18.2. The number of benzene rings is 8. The Morgan fingerprint density at radius 1 is 0.419 bits per heavy atom. The smallest absolute Gasteiger partial charge is 0.509 e. The van der Waals surface area contributed by atoms with E-state index in [9.17, 15) is 0 Å². The summed E-state index contributed by atoms with van der Waals surface area (Å²) in [6.07, 6.45) is 5.49. The topological polar surface area (TPSA) is 84.8 Å². The summed E-state index contributed by atoms with van der Waals surface area (Å²) in [5.74, 6) is 4.59. The first kappa shape index (κ1) is 46.8. The fourth-order valence-electron chi connectivity index (χ4n) is 10.1. The molecule has 0 fully saturated rings. The number of para-hydroxylation sites is 2. The molecule has 0 amide bonds. The molecule has 0 aliphatic heterocycles. The van der Waals surface area contributed by atoms with Crippen molar-refractivity contribution >= 4 is 76.3 Å². The Morgan fingerprint density at radius 2 is 0.865 bits per heavy atom. The number of rotatable bonds is 9. The number of nitrogens with zero attached hydrogens (tertiary/aromatic N) is 7. The van der Waals surface area contributed by atoms with Gasteiger partial charge in [0, 0.05) is 58.0 Å². The van der Waals surface area contributed by atoms with Gasteiger partial charge in [0.15, 0.2) is 0 Å². The molecule has 6 heterocycles. The third kappa shape index (κ3) is 7.95. The van der Waals surface area contributed by atoms with E-state index in [4.69, 9.17) is 29.4 Å². The van der Waals surface area contributed by atoms with Crippen molar-refractivity contribution in [1.82, 2.24) is 33.6 Å². The SMILES string of the molecule is CC(C)c1ccc(-c2ccc3nc(-n4c5[c-]c(Oc6[c-]c7c(cc6)c6ccccc6n7-c6ccccn6)ccc5c5ccc(Oc6[c-]c7c(cc6)c6ccccc6n7-c6ccccn6)[c-]c54)ncc3c2)cc1.[Pt+2].[Pt+2]. The van der Waals surface area contributed by atoms with Crippen LogP contribution in [0.3, 0.4) is 0 Å². The minimum absolute atomic E-state index is 0. The van der Waals surface area contributed by atoms with Crippen LogP contribution >= 0.6 is 0 Å². The summed E-state index contributed by atoms with van der Waals surface area (Å²) in [5, 5.41) is 7.09. The Kier molecular flexibility index (Phi) is 12.0. The molecule has 6 aromatic heterocycles. The molecule has 14 rings (SSSR count). The molecule has 14 aromatic rings. The van der Waals surface area contributed by atoms with Crippen molar-refractivity contribution < 1.29 is 51.6 Å². The zero-order valence-corrected chi connectivity index (χ0v) is 44.2. The Labute approximate surface area is 454 Å². The minimum atomic E-state index is 0. The molecule has 9 nitrogen and oxygen atoms in total. The number of aromatic nitrogens is 7. The van der Waals surface area contributed by atoms with Crippen molar-refractivity contribution in [3.8, 4) is 51.7 Å². The van der Waals surface area contributed by atoms with Crippen LogP contribution in [-0.4, -0.2) is 33.6 Å². The van der Waals surface area contributed by atoms with E-state index >= 15 is 0 Å². The first-order chi connectivity index (χ1) is 35.5. The molecule has 0 radical (unpaired) electrons. The number of ether oxygens (including phenoxy) is 2. The predicted molar refractivity (Wildman–Crippen MR) is 286 cm³/mol. The normalized spacial score (nSPS) is 11.6. The van der Waals surface area contributed by atoms with Crippen LogP contribution in [0.25, 0.3) is 105 Å². The summed E-state index contributed by atoms with van der Waals surface area (Å²) in [5.41, 5.74) is 9.57. The van der Waals surface area contributed by atoms with Gasteiger partial charge in [-0.3, -0.25) is 0 Å². The van der Waals surface area contributed by atoms with Crippen molar-refractivity contribution in [1.29, 1.82) is 0 Å². The monoisotopic (exact) mass is 1320 g/mol. The van der Waals surface area contributed by atoms with Gasteiger partial charge in [-0.25, -0.2) is 19.9 Å². The zero-order valence-electron chi connectivity index (χ0n) is 39.6. The van der Waals surface area contributed by atoms with Gasteiger partial charge in [-0.2, -0.15) is 35.0 Å². The number of fused-ring (bicyclic) bond motifs is 10. The van der Waals surface area contributed by atoms with E-state index in [1.165, 1.54) is 5.56 Å². The molecule has 0 saturated heterocycles. The molecule has 74 heavy (non-hydrogen) atoms. The zero-order chi connectivity index (χ0) is 47.9. The van der Waals surface area contributed by atoms with E-state index in [0.717, 1.165) is 88.0 Å². The van der Waals surface area contributed by atoms with Gasteiger partial charge in [-0.05, 0) is 81.9 Å². The third-order valence-corrected chi connectivity index (χ3v) is 13.5. The first-order valence-electron chi connectivity index (χ1n) is 23.9. The Balaban J connectivity index is 0.00000278. The maximum Gasteiger partial charge on any atom is 2.00 e. The molecule has 8 aromatic carbocycles. The van der Waals surface area contributed by atoms with Gasteiger partial charge in [-0.1, -0.05) is 115 Å². The van der Waals surface area contributed by atoms with Crippen LogP contribution in [0.4, 0.5) is 0 Å². The van der Waals surface area contributed by atoms with Crippen molar-refractivity contribution in [2.45, 2.75) is 19.8 Å². The van der Waals surface area contributed by atoms with Crippen LogP contribution < -0.4 is 9.47 Å². The maximum atomic E-state index is 6.67. The number of pyridine rings is 2. The molecule has 0 N–H and O–H groups in total. The van der Waals surface area contributed by atoms with E-state index < -0.39 is 0 Å². The Hall–Kier alpha value is -8.22. The second kappa shape index (κ2) is 19.0. The van der Waals surface area contributed by atoms with Crippen LogP contribution in [0.1, 0.15) is 25.3 Å². The van der Waals surface area contributed by atoms with Gasteiger partial charge >= 0.3 is 42.1 Å². The van der Waals surface area contributed by atoms with Crippen molar-refractivity contribution in [3.63, 3.8) is 0 Å². The summed E-state index contributed by atoms with van der Waals surface area (Å²) in [6, 6.07) is 74.0. The third-order valence-electron chi connectivity index (χ3n) is 13.5. The molecule has 0 unspecified atom stereocenters. The van der Waals surface area contributed by atoms with Gasteiger partial charge in [0.25, 0.3) is 0 Å². The van der Waals surface area contributed by atoms with Gasteiger partial charge in [-0.15, -0.1) is 59.3 Å². The van der Waals surface area contributed by atoms with Crippen LogP contribution in [0.15, 0.2) is 195 Å². The quantitative estimate of drug-likeness (QED) is 0.134. The Morgan fingerprint density at radius 3 is 1.34 bits per heavy atom. The van der Waals surface area contributed by atoms with Crippen LogP contribution in [0, 0.1) is 24.3 Å². The van der Waals surface area contributed by atoms with Gasteiger partial charge in [0.2, 0.25) is 5.95 Å². The molecule has 11 heteroatoms. The summed E-state index contributed by atoms with van der Waals surface area (Å²) in [6.45, 7) is 4.42. The van der Waals surface area contributed by atoms with Crippen LogP contribution in [-0.2, 0) is 42.1 Å². The molecule has 0 atom stereocenters. The van der Waals surface area contributed by atoms with E-state index in [-0.39, 0.29) is 42.1 Å². The molecule has 0 aliphatic carbocycles. The molecular weight excluding hydrogens is 1280 g/mol. The van der Waals surface area contributed by atoms with Gasteiger partial charge in [0.05, 0.1) is 5.52 Å². The maximum absolute atomic E-state index is 6.67. The van der Waals surface area contributed by atoms with Crippen molar-refractivity contribution in [3.05, 3.63) is 224 Å². The molecular formula is C63H39N7O2Pt2. The summed E-state index contributed by atoms with van der Waals surface area (Å²) < 4.78 is 19.6. The molecule has 0 saturated carbocycles. The summed E-state index contributed by atoms with van der Waals surface area (Å²) in [7, 11) is 0. The number of hydrogen-bond acceptors (Lipinski definition) is 6. The predicted octanol–water partition coefficient (Wildman–Crippen LogP) is 15.3.